The lowest BCUT2D eigenvalue weighted by Crippen LogP contribution is -2.02. The van der Waals surface area contributed by atoms with Crippen LogP contribution in [0.2, 0.25) is 0 Å². The molecule has 0 amide bonds. The maximum atomic E-state index is 13.1. The van der Waals surface area contributed by atoms with Crippen LogP contribution in [-0.2, 0) is 0 Å². The lowest BCUT2D eigenvalue weighted by atomic mass is 10.2. The zero-order valence-electron chi connectivity index (χ0n) is 8.73. The van der Waals surface area contributed by atoms with Gasteiger partial charge in [-0.25, -0.2) is 9.07 Å². The second kappa shape index (κ2) is 3.33. The molecule has 0 unspecified atom stereocenters. The molecule has 0 saturated heterocycles. The van der Waals surface area contributed by atoms with Crippen LogP contribution in [0.15, 0.2) is 30.5 Å². The molecule has 3 nitrogen and oxygen atoms in total. The van der Waals surface area contributed by atoms with Crippen LogP contribution in [0.5, 0.6) is 0 Å². The summed E-state index contributed by atoms with van der Waals surface area (Å²) in [6, 6.07) is 6.41. The van der Waals surface area contributed by atoms with E-state index >= 15 is 0 Å². The molecule has 4 heteroatoms. The summed E-state index contributed by atoms with van der Waals surface area (Å²) >= 11 is 0. The van der Waals surface area contributed by atoms with Gasteiger partial charge in [0.1, 0.15) is 5.82 Å². The van der Waals surface area contributed by atoms with Crippen LogP contribution < -0.4 is 5.73 Å². The third-order valence-corrected chi connectivity index (χ3v) is 2.85. The van der Waals surface area contributed by atoms with Gasteiger partial charge in [0.2, 0.25) is 0 Å². The Balaban J connectivity index is 2.12. The van der Waals surface area contributed by atoms with Crippen molar-refractivity contribution in [3.63, 3.8) is 0 Å². The van der Waals surface area contributed by atoms with E-state index in [1.165, 1.54) is 12.1 Å². The number of aromatic nitrogens is 2. The lowest BCUT2D eigenvalue weighted by Gasteiger charge is -2.07. The lowest BCUT2D eigenvalue weighted by molar-refractivity contribution is 0.624. The largest absolute Gasteiger partial charge is 0.396 e. The minimum atomic E-state index is -0.256. The van der Waals surface area contributed by atoms with Crippen molar-refractivity contribution in [2.45, 2.75) is 18.8 Å². The number of hydrogen-bond donors (Lipinski definition) is 1. The van der Waals surface area contributed by atoms with Crippen LogP contribution in [0.4, 0.5) is 10.1 Å². The summed E-state index contributed by atoms with van der Waals surface area (Å²) in [6.07, 6.45) is 3.93. The molecule has 1 aromatic carbocycles. The van der Waals surface area contributed by atoms with E-state index in [0.717, 1.165) is 24.2 Å². The van der Waals surface area contributed by atoms with Gasteiger partial charge < -0.3 is 5.73 Å². The second-order valence-corrected chi connectivity index (χ2v) is 4.15. The van der Waals surface area contributed by atoms with Crippen LogP contribution >= 0.6 is 0 Å². The van der Waals surface area contributed by atoms with Gasteiger partial charge in [-0.1, -0.05) is 6.07 Å². The fourth-order valence-electron chi connectivity index (χ4n) is 1.95. The van der Waals surface area contributed by atoms with Crippen LogP contribution in [0, 0.1) is 5.82 Å². The standard InChI is InChI=1S/C12H12FN3/c13-9-2-1-3-10(6-9)16-12(8-4-5-8)11(14)7-15-16/h1-3,6-8H,4-5,14H2. The van der Waals surface area contributed by atoms with Crippen molar-refractivity contribution in [2.24, 2.45) is 0 Å². The van der Waals surface area contributed by atoms with E-state index < -0.39 is 0 Å². The van der Waals surface area contributed by atoms with E-state index in [2.05, 4.69) is 5.10 Å². The molecule has 0 bridgehead atoms. The van der Waals surface area contributed by atoms with Gasteiger partial charge in [-0.3, -0.25) is 0 Å². The Morgan fingerprint density at radius 1 is 1.38 bits per heavy atom. The van der Waals surface area contributed by atoms with Gasteiger partial charge in [-0.05, 0) is 31.0 Å². The Labute approximate surface area is 92.7 Å². The minimum absolute atomic E-state index is 0.256. The Bertz CT molecular complexity index is 529. The van der Waals surface area contributed by atoms with E-state index in [-0.39, 0.29) is 5.82 Å². The third-order valence-electron chi connectivity index (χ3n) is 2.85. The van der Waals surface area contributed by atoms with Crippen LogP contribution in [0.3, 0.4) is 0 Å². The zero-order chi connectivity index (χ0) is 11.1. The van der Waals surface area contributed by atoms with Crippen molar-refractivity contribution < 1.29 is 4.39 Å². The molecule has 16 heavy (non-hydrogen) atoms. The molecule has 3 rings (SSSR count). The van der Waals surface area contributed by atoms with Gasteiger partial charge in [-0.15, -0.1) is 0 Å². The van der Waals surface area contributed by atoms with Gasteiger partial charge in [0.05, 0.1) is 23.3 Å². The molecule has 1 aliphatic carbocycles. The monoisotopic (exact) mass is 217 g/mol. The maximum Gasteiger partial charge on any atom is 0.125 e. The maximum absolute atomic E-state index is 13.1. The van der Waals surface area contributed by atoms with Crippen molar-refractivity contribution in [1.29, 1.82) is 0 Å². The molecule has 82 valence electrons. The highest BCUT2D eigenvalue weighted by Gasteiger charge is 2.30. The third kappa shape index (κ3) is 1.46. The molecule has 2 aromatic rings. The first-order chi connectivity index (χ1) is 7.75. The molecule has 2 N–H and O–H groups in total. The average molecular weight is 217 g/mol. The molecular weight excluding hydrogens is 205 g/mol. The quantitative estimate of drug-likeness (QED) is 0.839. The van der Waals surface area contributed by atoms with E-state index in [0.29, 0.717) is 11.6 Å². The predicted molar refractivity (Wildman–Crippen MR) is 59.9 cm³/mol. The van der Waals surface area contributed by atoms with Gasteiger partial charge in [0, 0.05) is 5.92 Å². The fraction of sp³-hybridized carbons (Fsp3) is 0.250. The van der Waals surface area contributed by atoms with Gasteiger partial charge >= 0.3 is 0 Å². The Morgan fingerprint density at radius 2 is 2.19 bits per heavy atom. The number of hydrogen-bond acceptors (Lipinski definition) is 2. The first-order valence-electron chi connectivity index (χ1n) is 5.35. The van der Waals surface area contributed by atoms with Crippen molar-refractivity contribution in [3.8, 4) is 5.69 Å². The molecule has 0 spiro atoms. The topological polar surface area (TPSA) is 43.8 Å². The Kier molecular flexibility index (Phi) is 1.96. The van der Waals surface area contributed by atoms with Gasteiger partial charge in [0.25, 0.3) is 0 Å². The van der Waals surface area contributed by atoms with E-state index in [1.807, 2.05) is 6.07 Å². The Hall–Kier alpha value is -1.84. The summed E-state index contributed by atoms with van der Waals surface area (Å²) in [5.41, 5.74) is 8.34. The molecule has 1 saturated carbocycles. The summed E-state index contributed by atoms with van der Waals surface area (Å²) in [5.74, 6) is 0.235. The smallest absolute Gasteiger partial charge is 0.125 e. The Morgan fingerprint density at radius 3 is 2.88 bits per heavy atom. The van der Waals surface area contributed by atoms with E-state index in [4.69, 9.17) is 5.73 Å². The molecule has 1 aromatic heterocycles. The summed E-state index contributed by atoms with van der Waals surface area (Å²) in [4.78, 5) is 0. The normalized spacial score (nSPS) is 15.3. The number of nitrogens with two attached hydrogens (primary N) is 1. The predicted octanol–water partition coefficient (Wildman–Crippen LogP) is 2.47. The van der Waals surface area contributed by atoms with Crippen LogP contribution in [0.25, 0.3) is 5.69 Å². The first-order valence-corrected chi connectivity index (χ1v) is 5.35. The molecule has 1 heterocycles. The summed E-state index contributed by atoms with van der Waals surface area (Å²) in [6.45, 7) is 0. The van der Waals surface area contributed by atoms with Crippen molar-refractivity contribution in [2.75, 3.05) is 5.73 Å². The van der Waals surface area contributed by atoms with E-state index in [1.54, 1.807) is 16.9 Å². The van der Waals surface area contributed by atoms with Crippen molar-refractivity contribution >= 4 is 5.69 Å². The summed E-state index contributed by atoms with van der Waals surface area (Å²) in [5, 5.41) is 4.21. The molecule has 0 radical (unpaired) electrons. The van der Waals surface area contributed by atoms with Crippen LogP contribution in [0.1, 0.15) is 24.5 Å². The van der Waals surface area contributed by atoms with E-state index in [9.17, 15) is 4.39 Å². The highest BCUT2D eigenvalue weighted by molar-refractivity contribution is 5.49. The van der Waals surface area contributed by atoms with Gasteiger partial charge in [0.15, 0.2) is 0 Å². The number of anilines is 1. The van der Waals surface area contributed by atoms with Crippen LogP contribution in [-0.4, -0.2) is 9.78 Å². The molecule has 1 fully saturated rings. The SMILES string of the molecule is Nc1cnn(-c2cccc(F)c2)c1C1CC1. The summed E-state index contributed by atoms with van der Waals surface area (Å²) in [7, 11) is 0. The second-order valence-electron chi connectivity index (χ2n) is 4.15. The number of rotatable bonds is 2. The molecule has 1 aliphatic rings. The number of nitrogen functional groups attached to an aromatic ring is 1. The highest BCUT2D eigenvalue weighted by atomic mass is 19.1. The zero-order valence-corrected chi connectivity index (χ0v) is 8.73. The van der Waals surface area contributed by atoms with Crippen molar-refractivity contribution in [3.05, 3.63) is 42.0 Å². The fourth-order valence-corrected chi connectivity index (χ4v) is 1.95. The number of halogens is 1. The number of benzene rings is 1. The number of nitrogens with zero attached hydrogens (tertiary/aromatic N) is 2. The van der Waals surface area contributed by atoms with Crippen molar-refractivity contribution in [1.82, 2.24) is 9.78 Å². The summed E-state index contributed by atoms with van der Waals surface area (Å²) < 4.78 is 14.9. The first kappa shape index (κ1) is 9.39. The molecular formula is C12H12FN3. The minimum Gasteiger partial charge on any atom is -0.396 e. The molecule has 0 atom stereocenters. The highest BCUT2D eigenvalue weighted by Crippen LogP contribution is 2.43. The molecule has 0 aliphatic heterocycles. The van der Waals surface area contributed by atoms with Gasteiger partial charge in [-0.2, -0.15) is 5.10 Å². The average Bonchev–Trinajstić information content (AvgIpc) is 3.02.